The fraction of sp³-hybridized carbons (Fsp3) is 0.517. The second kappa shape index (κ2) is 10.0. The molecule has 3 saturated heterocycles. The number of halogens is 2. The number of hydrogen-bond donors (Lipinski definition) is 1. The van der Waals surface area contributed by atoms with Gasteiger partial charge in [-0.1, -0.05) is 23.7 Å². The summed E-state index contributed by atoms with van der Waals surface area (Å²) >= 11 is 8.75. The molecule has 1 spiro atoms. The van der Waals surface area contributed by atoms with Crippen LogP contribution >= 0.6 is 23.4 Å². The van der Waals surface area contributed by atoms with Crippen molar-refractivity contribution in [1.82, 2.24) is 19.8 Å². The number of rotatable bonds is 4. The summed E-state index contributed by atoms with van der Waals surface area (Å²) in [6.45, 7) is 9.24. The first-order chi connectivity index (χ1) is 18.9. The summed E-state index contributed by atoms with van der Waals surface area (Å²) in [4.78, 5) is 24.3. The fourth-order valence-electron chi connectivity index (χ4n) is 6.64. The van der Waals surface area contributed by atoms with E-state index in [4.69, 9.17) is 21.3 Å². The van der Waals surface area contributed by atoms with E-state index < -0.39 is 0 Å². The molecule has 1 N–H and O–H groups in total. The van der Waals surface area contributed by atoms with E-state index in [9.17, 15) is 9.18 Å². The van der Waals surface area contributed by atoms with E-state index in [2.05, 4.69) is 22.0 Å². The summed E-state index contributed by atoms with van der Waals surface area (Å²) in [5.41, 5.74) is 2.78. The maximum Gasteiger partial charge on any atom is 0.350 e. The standard InChI is InChI=1S/C29H33ClFN5O2S/c1-18-13-32-8-11-35(18)27-22-12-23(30)24(19-2-4-20(31)5-3-19)26-25(22)36(28(37)33-27)21(15-39-26)14-34-9-6-29(7-10-34)16-38-17-29/h2-5,12,18,21,32H,6-11,13-17H2,1H3/t18-,21-/m0/s1. The van der Waals surface area contributed by atoms with Crippen LogP contribution in [0, 0.1) is 11.2 Å². The van der Waals surface area contributed by atoms with Crippen molar-refractivity contribution in [2.45, 2.75) is 36.7 Å². The van der Waals surface area contributed by atoms with Crippen LogP contribution in [0.25, 0.3) is 22.0 Å². The molecular formula is C29H33ClFN5O2S. The van der Waals surface area contributed by atoms with E-state index >= 15 is 0 Å². The van der Waals surface area contributed by atoms with Crippen molar-refractivity contribution in [2.75, 3.05) is 63.1 Å². The fourth-order valence-corrected chi connectivity index (χ4v) is 8.34. The zero-order valence-electron chi connectivity index (χ0n) is 22.1. The molecule has 4 aliphatic heterocycles. The number of nitrogens with zero attached hydrogens (tertiary/aromatic N) is 4. The minimum Gasteiger partial charge on any atom is -0.380 e. The molecule has 7 rings (SSSR count). The van der Waals surface area contributed by atoms with Crippen molar-refractivity contribution in [3.05, 3.63) is 51.7 Å². The highest BCUT2D eigenvalue weighted by Gasteiger charge is 2.42. The molecule has 0 saturated carbocycles. The first-order valence-electron chi connectivity index (χ1n) is 13.9. The summed E-state index contributed by atoms with van der Waals surface area (Å²) in [6, 6.07) is 8.63. The Balaban J connectivity index is 1.35. The lowest BCUT2D eigenvalue weighted by Crippen LogP contribution is -2.52. The maximum absolute atomic E-state index is 13.9. The van der Waals surface area contributed by atoms with Crippen molar-refractivity contribution in [3.63, 3.8) is 0 Å². The van der Waals surface area contributed by atoms with Crippen molar-refractivity contribution in [1.29, 1.82) is 0 Å². The molecule has 0 unspecified atom stereocenters. The highest BCUT2D eigenvalue weighted by Crippen LogP contribution is 2.48. The summed E-state index contributed by atoms with van der Waals surface area (Å²) in [5.74, 6) is 1.18. The molecule has 7 nitrogen and oxygen atoms in total. The number of anilines is 1. The van der Waals surface area contributed by atoms with Crippen LogP contribution in [0.3, 0.4) is 0 Å². The average Bonchev–Trinajstić information content (AvgIpc) is 2.92. The molecule has 5 heterocycles. The molecule has 0 bridgehead atoms. The SMILES string of the molecule is C[C@H]1CNCCN1c1nc(=O)n2c3c(c(-c4ccc(F)cc4)c(Cl)cc13)SC[C@@H]2CN1CCC2(CC1)COC2. The molecule has 1 aromatic heterocycles. The summed E-state index contributed by atoms with van der Waals surface area (Å²) in [5, 5.41) is 4.93. The molecule has 39 heavy (non-hydrogen) atoms. The van der Waals surface area contributed by atoms with Gasteiger partial charge in [0.1, 0.15) is 11.6 Å². The van der Waals surface area contributed by atoms with Crippen LogP contribution in [0.15, 0.2) is 40.0 Å². The second-order valence-electron chi connectivity index (χ2n) is 11.6. The van der Waals surface area contributed by atoms with E-state index in [1.165, 1.54) is 12.1 Å². The van der Waals surface area contributed by atoms with Crippen LogP contribution in [-0.2, 0) is 4.74 Å². The quantitative estimate of drug-likeness (QED) is 0.499. The molecular weight excluding hydrogens is 537 g/mol. The number of hydrogen-bond acceptors (Lipinski definition) is 7. The van der Waals surface area contributed by atoms with Gasteiger partial charge in [-0.3, -0.25) is 4.57 Å². The van der Waals surface area contributed by atoms with Gasteiger partial charge in [-0.2, -0.15) is 4.98 Å². The molecule has 3 aromatic rings. The first kappa shape index (κ1) is 25.8. The largest absolute Gasteiger partial charge is 0.380 e. The minimum atomic E-state index is -0.287. The van der Waals surface area contributed by atoms with Gasteiger partial charge in [-0.25, -0.2) is 9.18 Å². The zero-order chi connectivity index (χ0) is 26.7. The van der Waals surface area contributed by atoms with E-state index in [0.717, 1.165) is 98.0 Å². The van der Waals surface area contributed by atoms with Gasteiger partial charge in [0, 0.05) is 59.2 Å². The zero-order valence-corrected chi connectivity index (χ0v) is 23.7. The second-order valence-corrected chi connectivity index (χ2v) is 13.0. The molecule has 2 aromatic carbocycles. The molecule has 0 aliphatic carbocycles. The van der Waals surface area contributed by atoms with Gasteiger partial charge < -0.3 is 19.9 Å². The highest BCUT2D eigenvalue weighted by molar-refractivity contribution is 7.99. The number of thioether (sulfide) groups is 1. The Morgan fingerprint density at radius 1 is 1.21 bits per heavy atom. The van der Waals surface area contributed by atoms with Crippen molar-refractivity contribution < 1.29 is 9.13 Å². The van der Waals surface area contributed by atoms with Gasteiger partial charge in [-0.15, -0.1) is 11.8 Å². The average molecular weight is 570 g/mol. The van der Waals surface area contributed by atoms with Crippen LogP contribution in [0.2, 0.25) is 5.02 Å². The van der Waals surface area contributed by atoms with Gasteiger partial charge in [0.05, 0.1) is 29.8 Å². The Kier molecular flexibility index (Phi) is 6.63. The van der Waals surface area contributed by atoms with Gasteiger partial charge in [0.2, 0.25) is 0 Å². The molecule has 206 valence electrons. The van der Waals surface area contributed by atoms with E-state index in [1.807, 2.05) is 10.6 Å². The number of piperidine rings is 1. The predicted octanol–water partition coefficient (Wildman–Crippen LogP) is 4.41. The van der Waals surface area contributed by atoms with E-state index in [0.29, 0.717) is 16.3 Å². The Labute approximate surface area is 236 Å². The highest BCUT2D eigenvalue weighted by atomic mass is 35.5. The summed E-state index contributed by atoms with van der Waals surface area (Å²) in [7, 11) is 0. The lowest BCUT2D eigenvalue weighted by Gasteiger charge is -2.48. The predicted molar refractivity (Wildman–Crippen MR) is 155 cm³/mol. The van der Waals surface area contributed by atoms with Crippen molar-refractivity contribution >= 4 is 40.1 Å². The monoisotopic (exact) mass is 569 g/mol. The number of nitrogens with one attached hydrogen (secondary N) is 1. The van der Waals surface area contributed by atoms with Crippen molar-refractivity contribution in [3.8, 4) is 11.1 Å². The molecule has 2 atom stereocenters. The van der Waals surface area contributed by atoms with Crippen LogP contribution in [-0.4, -0.2) is 78.7 Å². The number of piperazine rings is 1. The van der Waals surface area contributed by atoms with Gasteiger partial charge >= 0.3 is 5.69 Å². The lowest BCUT2D eigenvalue weighted by atomic mass is 9.77. The normalized spacial score (nSPS) is 24.7. The van der Waals surface area contributed by atoms with Gasteiger partial charge in [0.15, 0.2) is 0 Å². The molecule has 0 amide bonds. The Bertz CT molecular complexity index is 1470. The number of ether oxygens (including phenoxy) is 1. The Hall–Kier alpha value is -2.17. The lowest BCUT2D eigenvalue weighted by molar-refractivity contribution is -0.140. The third-order valence-electron chi connectivity index (χ3n) is 8.99. The maximum atomic E-state index is 13.9. The first-order valence-corrected chi connectivity index (χ1v) is 15.2. The Morgan fingerprint density at radius 3 is 2.67 bits per heavy atom. The van der Waals surface area contributed by atoms with Gasteiger partial charge in [-0.05, 0) is 56.6 Å². The minimum absolute atomic E-state index is 0.00781. The van der Waals surface area contributed by atoms with Crippen LogP contribution in [0.1, 0.15) is 25.8 Å². The third-order valence-corrected chi connectivity index (χ3v) is 10.5. The molecule has 3 fully saturated rings. The van der Waals surface area contributed by atoms with Crippen molar-refractivity contribution in [2.24, 2.45) is 5.41 Å². The Morgan fingerprint density at radius 2 is 1.97 bits per heavy atom. The molecule has 4 aliphatic rings. The van der Waals surface area contributed by atoms with E-state index in [-0.39, 0.29) is 23.6 Å². The molecule has 10 heteroatoms. The van der Waals surface area contributed by atoms with Crippen LogP contribution in [0.4, 0.5) is 10.2 Å². The van der Waals surface area contributed by atoms with Gasteiger partial charge in [0.25, 0.3) is 0 Å². The summed E-state index contributed by atoms with van der Waals surface area (Å²) < 4.78 is 21.2. The van der Waals surface area contributed by atoms with E-state index in [1.54, 1.807) is 23.9 Å². The number of aromatic nitrogens is 2. The van der Waals surface area contributed by atoms with Crippen LogP contribution < -0.4 is 15.9 Å². The topological polar surface area (TPSA) is 62.6 Å². The smallest absolute Gasteiger partial charge is 0.350 e. The third kappa shape index (κ3) is 4.47. The number of benzene rings is 2. The molecule has 0 radical (unpaired) electrons. The summed E-state index contributed by atoms with van der Waals surface area (Å²) in [6.07, 6.45) is 2.30. The van der Waals surface area contributed by atoms with Crippen LogP contribution in [0.5, 0.6) is 0 Å². The number of likely N-dealkylation sites (tertiary alicyclic amines) is 1.